The first-order valence-corrected chi connectivity index (χ1v) is 9.76. The molecule has 8 heteroatoms. The average molecular weight is 364 g/mol. The first-order chi connectivity index (χ1) is 11.9. The summed E-state index contributed by atoms with van der Waals surface area (Å²) in [6, 6.07) is 8.81. The van der Waals surface area contributed by atoms with Gasteiger partial charge in [-0.3, -0.25) is 4.79 Å². The fraction of sp³-hybridized carbons (Fsp3) is 0.412. The number of ether oxygens (including phenoxy) is 1. The van der Waals surface area contributed by atoms with Crippen LogP contribution in [0.5, 0.6) is 5.75 Å². The monoisotopic (exact) mass is 364 g/mol. The number of nitrogens with zero attached hydrogens (tertiary/aromatic N) is 2. The minimum Gasteiger partial charge on any atom is -0.497 e. The van der Waals surface area contributed by atoms with Gasteiger partial charge in [0.2, 0.25) is 5.91 Å². The minimum atomic E-state index is -3.03. The molecule has 0 radical (unpaired) electrons. The van der Waals surface area contributed by atoms with Crippen molar-refractivity contribution in [3.63, 3.8) is 0 Å². The van der Waals surface area contributed by atoms with E-state index in [1.54, 1.807) is 20.2 Å². The van der Waals surface area contributed by atoms with Crippen molar-refractivity contribution in [2.75, 3.05) is 25.7 Å². The Bertz CT molecular complexity index is 875. The maximum Gasteiger partial charge on any atom is 0.228 e. The predicted molar refractivity (Wildman–Crippen MR) is 92.0 cm³/mol. The van der Waals surface area contributed by atoms with Gasteiger partial charge >= 0.3 is 0 Å². The van der Waals surface area contributed by atoms with Crippen molar-refractivity contribution in [1.82, 2.24) is 10.1 Å². The van der Waals surface area contributed by atoms with E-state index in [1.807, 2.05) is 24.3 Å². The molecule has 7 nitrogen and oxygen atoms in total. The van der Waals surface area contributed by atoms with Crippen LogP contribution < -0.4 is 4.74 Å². The highest BCUT2D eigenvalue weighted by Crippen LogP contribution is 2.25. The Balaban J connectivity index is 1.67. The lowest BCUT2D eigenvalue weighted by Crippen LogP contribution is -2.38. The third-order valence-corrected chi connectivity index (χ3v) is 6.15. The number of rotatable bonds is 5. The molecule has 1 aromatic heterocycles. The van der Waals surface area contributed by atoms with E-state index in [9.17, 15) is 13.2 Å². The molecule has 1 saturated heterocycles. The molecule has 0 N–H and O–H groups in total. The summed E-state index contributed by atoms with van der Waals surface area (Å²) < 4.78 is 33.6. The second-order valence-corrected chi connectivity index (χ2v) is 8.38. The molecule has 1 unspecified atom stereocenters. The fourth-order valence-corrected chi connectivity index (χ4v) is 4.65. The Morgan fingerprint density at radius 2 is 2.20 bits per heavy atom. The normalized spacial score (nSPS) is 18.9. The molecule has 134 valence electrons. The van der Waals surface area contributed by atoms with Gasteiger partial charge < -0.3 is 14.2 Å². The van der Waals surface area contributed by atoms with E-state index >= 15 is 0 Å². The van der Waals surface area contributed by atoms with E-state index in [0.717, 1.165) is 5.56 Å². The third-order valence-electron chi connectivity index (χ3n) is 4.40. The zero-order valence-corrected chi connectivity index (χ0v) is 15.0. The number of hydrogen-bond acceptors (Lipinski definition) is 6. The highest BCUT2D eigenvalue weighted by molar-refractivity contribution is 7.91. The van der Waals surface area contributed by atoms with Crippen LogP contribution in [-0.4, -0.2) is 56.1 Å². The van der Waals surface area contributed by atoms with E-state index in [4.69, 9.17) is 9.26 Å². The van der Waals surface area contributed by atoms with Crippen LogP contribution in [0.25, 0.3) is 11.3 Å². The van der Waals surface area contributed by atoms with Crippen LogP contribution in [0.1, 0.15) is 12.1 Å². The Hall–Kier alpha value is -2.35. The summed E-state index contributed by atoms with van der Waals surface area (Å²) in [6.45, 7) is 0. The average Bonchev–Trinajstić information content (AvgIpc) is 3.20. The van der Waals surface area contributed by atoms with Gasteiger partial charge in [-0.05, 0) is 18.6 Å². The number of sulfone groups is 1. The van der Waals surface area contributed by atoms with Crippen molar-refractivity contribution in [3.8, 4) is 17.1 Å². The maximum atomic E-state index is 12.4. The zero-order valence-electron chi connectivity index (χ0n) is 14.1. The van der Waals surface area contributed by atoms with Gasteiger partial charge in [0, 0.05) is 24.7 Å². The quantitative estimate of drug-likeness (QED) is 0.799. The predicted octanol–water partition coefficient (Wildman–Crippen LogP) is 1.54. The standard InChI is InChI=1S/C17H20N2O5S/c1-19(14-6-7-25(21,22)11-14)17(20)10-13-9-16(24-18-13)12-4-3-5-15(8-12)23-2/h3-5,8-9,14H,6-7,10-11H2,1-2H3. The minimum absolute atomic E-state index is 0.0309. The molecule has 1 atom stereocenters. The van der Waals surface area contributed by atoms with Crippen molar-refractivity contribution < 1.29 is 22.5 Å². The van der Waals surface area contributed by atoms with Crippen molar-refractivity contribution in [2.24, 2.45) is 0 Å². The number of amides is 1. The molecule has 0 spiro atoms. The van der Waals surface area contributed by atoms with E-state index < -0.39 is 9.84 Å². The van der Waals surface area contributed by atoms with Crippen molar-refractivity contribution in [1.29, 1.82) is 0 Å². The molecule has 1 fully saturated rings. The molecule has 1 aromatic carbocycles. The Kier molecular flexibility index (Phi) is 4.80. The van der Waals surface area contributed by atoms with E-state index in [1.165, 1.54) is 4.90 Å². The number of methoxy groups -OCH3 is 1. The number of carbonyl (C=O) groups is 1. The Morgan fingerprint density at radius 3 is 2.88 bits per heavy atom. The van der Waals surface area contributed by atoms with Crippen molar-refractivity contribution in [2.45, 2.75) is 18.9 Å². The summed E-state index contributed by atoms with van der Waals surface area (Å²) in [7, 11) is 0.196. The van der Waals surface area contributed by atoms with Gasteiger partial charge in [0.1, 0.15) is 5.75 Å². The molecule has 2 aromatic rings. The van der Waals surface area contributed by atoms with E-state index in [2.05, 4.69) is 5.16 Å². The lowest BCUT2D eigenvalue weighted by Gasteiger charge is -2.22. The highest BCUT2D eigenvalue weighted by Gasteiger charge is 2.32. The van der Waals surface area contributed by atoms with Gasteiger partial charge in [0.15, 0.2) is 15.6 Å². The van der Waals surface area contributed by atoms with Crippen LogP contribution in [-0.2, 0) is 21.1 Å². The van der Waals surface area contributed by atoms with Gasteiger partial charge in [0.05, 0.1) is 30.7 Å². The Morgan fingerprint density at radius 1 is 1.40 bits per heavy atom. The lowest BCUT2D eigenvalue weighted by atomic mass is 10.1. The zero-order chi connectivity index (χ0) is 18.0. The summed E-state index contributed by atoms with van der Waals surface area (Å²) in [5.74, 6) is 1.25. The van der Waals surface area contributed by atoms with E-state index in [0.29, 0.717) is 23.6 Å². The topological polar surface area (TPSA) is 89.7 Å². The summed E-state index contributed by atoms with van der Waals surface area (Å²) >= 11 is 0. The molecule has 2 heterocycles. The molecule has 25 heavy (non-hydrogen) atoms. The smallest absolute Gasteiger partial charge is 0.228 e. The van der Waals surface area contributed by atoms with Gasteiger partial charge in [0.25, 0.3) is 0 Å². The van der Waals surface area contributed by atoms with Crippen molar-refractivity contribution in [3.05, 3.63) is 36.0 Å². The van der Waals surface area contributed by atoms with Gasteiger partial charge in [-0.2, -0.15) is 0 Å². The number of carbonyl (C=O) groups excluding carboxylic acids is 1. The molecule has 1 aliphatic heterocycles. The fourth-order valence-electron chi connectivity index (χ4n) is 2.87. The molecule has 0 aliphatic carbocycles. The molecule has 3 rings (SSSR count). The molecular formula is C17H20N2O5S. The van der Waals surface area contributed by atoms with Crippen LogP contribution >= 0.6 is 0 Å². The van der Waals surface area contributed by atoms with E-state index in [-0.39, 0.29) is 29.9 Å². The molecular weight excluding hydrogens is 344 g/mol. The van der Waals surface area contributed by atoms with Crippen LogP contribution in [0.4, 0.5) is 0 Å². The van der Waals surface area contributed by atoms with Gasteiger partial charge in [-0.25, -0.2) is 8.42 Å². The maximum absolute atomic E-state index is 12.4. The molecule has 0 bridgehead atoms. The van der Waals surface area contributed by atoms with Crippen LogP contribution in [0, 0.1) is 0 Å². The largest absolute Gasteiger partial charge is 0.497 e. The van der Waals surface area contributed by atoms with Crippen LogP contribution in [0.3, 0.4) is 0 Å². The Labute approximate surface area is 146 Å². The van der Waals surface area contributed by atoms with Crippen molar-refractivity contribution >= 4 is 15.7 Å². The molecule has 0 saturated carbocycles. The second-order valence-electron chi connectivity index (χ2n) is 6.15. The SMILES string of the molecule is COc1cccc(-c2cc(CC(=O)N(C)C3CCS(=O)(=O)C3)no2)c1. The summed E-state index contributed by atoms with van der Waals surface area (Å²) in [4.78, 5) is 13.9. The summed E-state index contributed by atoms with van der Waals surface area (Å²) in [5, 5.41) is 3.94. The first-order valence-electron chi connectivity index (χ1n) is 7.94. The highest BCUT2D eigenvalue weighted by atomic mass is 32.2. The second kappa shape index (κ2) is 6.87. The number of likely N-dealkylation sites (N-methyl/N-ethyl adjacent to an activating group) is 1. The lowest BCUT2D eigenvalue weighted by molar-refractivity contribution is -0.130. The molecule has 1 aliphatic rings. The molecule has 1 amide bonds. The van der Waals surface area contributed by atoms with Gasteiger partial charge in [-0.15, -0.1) is 0 Å². The van der Waals surface area contributed by atoms with Gasteiger partial charge in [-0.1, -0.05) is 17.3 Å². The van der Waals surface area contributed by atoms with Crippen LogP contribution in [0.15, 0.2) is 34.9 Å². The summed E-state index contributed by atoms with van der Waals surface area (Å²) in [6.07, 6.45) is 0.555. The summed E-state index contributed by atoms with van der Waals surface area (Å²) in [5.41, 5.74) is 1.32. The number of benzene rings is 1. The number of hydrogen-bond donors (Lipinski definition) is 0. The first kappa shape index (κ1) is 17.5. The number of aromatic nitrogens is 1. The third kappa shape index (κ3) is 4.01. The van der Waals surface area contributed by atoms with Crippen LogP contribution in [0.2, 0.25) is 0 Å².